The minimum atomic E-state index is -0.0806. The third-order valence-corrected chi connectivity index (χ3v) is 4.52. The van der Waals surface area contributed by atoms with E-state index in [1.54, 1.807) is 0 Å². The number of likely N-dealkylation sites (tertiary alicyclic amines) is 1. The Balaban J connectivity index is 1.97. The zero-order chi connectivity index (χ0) is 15.5. The summed E-state index contributed by atoms with van der Waals surface area (Å²) in [5.41, 5.74) is 7.45. The molecular weight excluding hydrogens is 260 g/mol. The van der Waals surface area contributed by atoms with E-state index in [2.05, 4.69) is 49.9 Å². The van der Waals surface area contributed by atoms with Crippen LogP contribution in [0.15, 0.2) is 30.3 Å². The number of carbonyl (C=O) groups excluding carboxylic acids is 1. The number of amides is 1. The second-order valence-electron chi connectivity index (χ2n) is 7.25. The van der Waals surface area contributed by atoms with E-state index in [4.69, 9.17) is 5.73 Å². The first kappa shape index (κ1) is 16.0. The highest BCUT2D eigenvalue weighted by molar-refractivity contribution is 5.77. The molecule has 21 heavy (non-hydrogen) atoms. The highest BCUT2D eigenvalue weighted by Gasteiger charge is 2.31. The Labute approximate surface area is 128 Å². The maximum absolute atomic E-state index is 12.5. The summed E-state index contributed by atoms with van der Waals surface area (Å²) < 4.78 is 0. The van der Waals surface area contributed by atoms with Crippen LogP contribution in [-0.2, 0) is 11.2 Å². The summed E-state index contributed by atoms with van der Waals surface area (Å²) in [7, 11) is 0. The third kappa shape index (κ3) is 4.31. The zero-order valence-corrected chi connectivity index (χ0v) is 13.5. The Morgan fingerprint density at radius 1 is 1.33 bits per heavy atom. The molecule has 1 fully saturated rings. The van der Waals surface area contributed by atoms with Gasteiger partial charge in [0.2, 0.25) is 5.91 Å². The summed E-state index contributed by atoms with van der Waals surface area (Å²) >= 11 is 0. The SMILES string of the molecule is CC(C)(C)C(N)CC(=O)N1CCCC1Cc1ccccc1. The average Bonchev–Trinajstić information content (AvgIpc) is 2.87. The van der Waals surface area contributed by atoms with Crippen LogP contribution in [0.1, 0.15) is 45.6 Å². The van der Waals surface area contributed by atoms with Crippen LogP contribution in [0.5, 0.6) is 0 Å². The fourth-order valence-corrected chi connectivity index (χ4v) is 2.87. The molecule has 1 saturated heterocycles. The Bertz CT molecular complexity index is 464. The van der Waals surface area contributed by atoms with Gasteiger partial charge in [-0.2, -0.15) is 0 Å². The van der Waals surface area contributed by atoms with Gasteiger partial charge in [-0.05, 0) is 30.2 Å². The molecule has 3 heteroatoms. The summed E-state index contributed by atoms with van der Waals surface area (Å²) in [5, 5.41) is 0. The van der Waals surface area contributed by atoms with Crippen molar-refractivity contribution in [2.75, 3.05) is 6.54 Å². The maximum atomic E-state index is 12.5. The first-order valence-electron chi connectivity index (χ1n) is 7.97. The lowest BCUT2D eigenvalue weighted by atomic mass is 9.85. The maximum Gasteiger partial charge on any atom is 0.224 e. The van der Waals surface area contributed by atoms with Crippen molar-refractivity contribution in [3.05, 3.63) is 35.9 Å². The fourth-order valence-electron chi connectivity index (χ4n) is 2.87. The first-order chi connectivity index (χ1) is 9.88. The number of nitrogens with zero attached hydrogens (tertiary/aromatic N) is 1. The van der Waals surface area contributed by atoms with Crippen molar-refractivity contribution >= 4 is 5.91 Å². The number of hydrogen-bond donors (Lipinski definition) is 1. The molecule has 1 aromatic carbocycles. The minimum absolute atomic E-state index is 0.0235. The molecule has 2 rings (SSSR count). The molecule has 0 aliphatic carbocycles. The van der Waals surface area contributed by atoms with Crippen LogP contribution >= 0.6 is 0 Å². The van der Waals surface area contributed by atoms with Crippen molar-refractivity contribution in [1.82, 2.24) is 4.90 Å². The Hall–Kier alpha value is -1.35. The lowest BCUT2D eigenvalue weighted by molar-refractivity contribution is -0.132. The summed E-state index contributed by atoms with van der Waals surface area (Å²) in [6.45, 7) is 7.16. The molecule has 1 amide bonds. The highest BCUT2D eigenvalue weighted by atomic mass is 16.2. The van der Waals surface area contributed by atoms with Gasteiger partial charge in [0.15, 0.2) is 0 Å². The minimum Gasteiger partial charge on any atom is -0.339 e. The van der Waals surface area contributed by atoms with Gasteiger partial charge in [-0.3, -0.25) is 4.79 Å². The van der Waals surface area contributed by atoms with Gasteiger partial charge in [0, 0.05) is 25.0 Å². The van der Waals surface area contributed by atoms with E-state index in [1.165, 1.54) is 5.56 Å². The zero-order valence-electron chi connectivity index (χ0n) is 13.5. The molecule has 0 bridgehead atoms. The molecule has 0 saturated carbocycles. The van der Waals surface area contributed by atoms with Crippen LogP contribution < -0.4 is 5.73 Å². The summed E-state index contributed by atoms with van der Waals surface area (Å²) in [5.74, 6) is 0.218. The van der Waals surface area contributed by atoms with Crippen LogP contribution in [0.25, 0.3) is 0 Å². The first-order valence-corrected chi connectivity index (χ1v) is 7.97. The number of carbonyl (C=O) groups is 1. The van der Waals surface area contributed by atoms with E-state index >= 15 is 0 Å². The van der Waals surface area contributed by atoms with Crippen LogP contribution in [0.3, 0.4) is 0 Å². The molecule has 1 aromatic rings. The van der Waals surface area contributed by atoms with Gasteiger partial charge >= 0.3 is 0 Å². The van der Waals surface area contributed by atoms with Crippen LogP contribution in [0.4, 0.5) is 0 Å². The number of rotatable bonds is 4. The Kier molecular flexibility index (Phi) is 5.04. The molecule has 0 spiro atoms. The van der Waals surface area contributed by atoms with Gasteiger partial charge in [0.25, 0.3) is 0 Å². The molecule has 1 heterocycles. The Morgan fingerprint density at radius 3 is 2.62 bits per heavy atom. The summed E-state index contributed by atoms with van der Waals surface area (Å²) in [6.07, 6.45) is 3.62. The molecule has 2 atom stereocenters. The van der Waals surface area contributed by atoms with Crippen molar-refractivity contribution in [2.45, 2.75) is 58.5 Å². The monoisotopic (exact) mass is 288 g/mol. The largest absolute Gasteiger partial charge is 0.339 e. The van der Waals surface area contributed by atoms with E-state index in [0.29, 0.717) is 12.5 Å². The number of benzene rings is 1. The van der Waals surface area contributed by atoms with Crippen molar-refractivity contribution in [3.8, 4) is 0 Å². The van der Waals surface area contributed by atoms with E-state index in [1.807, 2.05) is 6.07 Å². The molecule has 116 valence electrons. The normalized spacial score (nSPS) is 20.6. The number of hydrogen-bond acceptors (Lipinski definition) is 2. The summed E-state index contributed by atoms with van der Waals surface area (Å²) in [4.78, 5) is 14.6. The lowest BCUT2D eigenvalue weighted by Gasteiger charge is -2.30. The van der Waals surface area contributed by atoms with Crippen molar-refractivity contribution in [3.63, 3.8) is 0 Å². The topological polar surface area (TPSA) is 46.3 Å². The molecule has 2 unspecified atom stereocenters. The van der Waals surface area contributed by atoms with Crippen molar-refractivity contribution in [1.29, 1.82) is 0 Å². The van der Waals surface area contributed by atoms with E-state index < -0.39 is 0 Å². The molecular formula is C18H28N2O. The van der Waals surface area contributed by atoms with Crippen LogP contribution in [-0.4, -0.2) is 29.4 Å². The molecule has 0 aromatic heterocycles. The van der Waals surface area contributed by atoms with Gasteiger partial charge in [0.05, 0.1) is 0 Å². The molecule has 1 aliphatic rings. The average molecular weight is 288 g/mol. The van der Waals surface area contributed by atoms with Crippen molar-refractivity contribution < 1.29 is 4.79 Å². The quantitative estimate of drug-likeness (QED) is 0.926. The van der Waals surface area contributed by atoms with Gasteiger partial charge in [-0.1, -0.05) is 51.1 Å². The predicted octanol–water partition coefficient (Wildman–Crippen LogP) is 2.98. The smallest absolute Gasteiger partial charge is 0.224 e. The predicted molar refractivity (Wildman–Crippen MR) is 86.9 cm³/mol. The van der Waals surface area contributed by atoms with E-state index in [-0.39, 0.29) is 17.4 Å². The van der Waals surface area contributed by atoms with E-state index in [0.717, 1.165) is 25.8 Å². The molecule has 1 aliphatic heterocycles. The number of nitrogens with two attached hydrogens (primary N) is 1. The second-order valence-corrected chi connectivity index (χ2v) is 7.25. The van der Waals surface area contributed by atoms with Crippen LogP contribution in [0.2, 0.25) is 0 Å². The van der Waals surface area contributed by atoms with Gasteiger partial charge < -0.3 is 10.6 Å². The highest BCUT2D eigenvalue weighted by Crippen LogP contribution is 2.25. The molecule has 2 N–H and O–H groups in total. The van der Waals surface area contributed by atoms with Gasteiger partial charge in [-0.15, -0.1) is 0 Å². The lowest BCUT2D eigenvalue weighted by Crippen LogP contribution is -2.43. The van der Waals surface area contributed by atoms with E-state index in [9.17, 15) is 4.79 Å². The van der Waals surface area contributed by atoms with Crippen LogP contribution in [0, 0.1) is 5.41 Å². The molecule has 0 radical (unpaired) electrons. The third-order valence-electron chi connectivity index (χ3n) is 4.52. The van der Waals surface area contributed by atoms with Crippen molar-refractivity contribution in [2.24, 2.45) is 11.1 Å². The second kappa shape index (κ2) is 6.61. The summed E-state index contributed by atoms with van der Waals surface area (Å²) in [6, 6.07) is 10.7. The fraction of sp³-hybridized carbons (Fsp3) is 0.611. The standard InChI is InChI=1S/C18H28N2O/c1-18(2,3)16(19)13-17(21)20-11-7-10-15(20)12-14-8-5-4-6-9-14/h4-6,8-9,15-16H,7,10-13,19H2,1-3H3. The van der Waals surface area contributed by atoms with Gasteiger partial charge in [0.1, 0.15) is 0 Å². The van der Waals surface area contributed by atoms with Gasteiger partial charge in [-0.25, -0.2) is 0 Å². The molecule has 3 nitrogen and oxygen atoms in total. The Morgan fingerprint density at radius 2 is 2.00 bits per heavy atom.